The Kier molecular flexibility index (Phi) is 3.60. The fraction of sp³-hybridized carbons (Fsp3) is 0.222. The van der Waals surface area contributed by atoms with Crippen LogP contribution in [0.5, 0.6) is 0 Å². The second kappa shape index (κ2) is 4.96. The molecule has 0 atom stereocenters. The maximum absolute atomic E-state index is 11.2. The number of hydrogen-bond acceptors (Lipinski definition) is 5. The Balaban J connectivity index is 2.89. The molecule has 5 heteroatoms. The molecule has 0 aliphatic heterocycles. The first kappa shape index (κ1) is 10.2. The first-order valence-corrected chi connectivity index (χ1v) is 4.10. The van der Waals surface area contributed by atoms with E-state index >= 15 is 0 Å². The maximum atomic E-state index is 11.2. The fourth-order valence-electron chi connectivity index (χ4n) is 0.899. The summed E-state index contributed by atoms with van der Waals surface area (Å²) in [5.41, 5.74) is 0.0981. The molecule has 0 saturated carbocycles. The van der Waals surface area contributed by atoms with E-state index in [1.165, 1.54) is 6.20 Å². The average molecular weight is 194 g/mol. The number of aromatic nitrogens is 1. The van der Waals surface area contributed by atoms with E-state index in [1.807, 2.05) is 0 Å². The van der Waals surface area contributed by atoms with Gasteiger partial charge in [0.05, 0.1) is 12.3 Å². The molecule has 1 N–H and O–H groups in total. The fourth-order valence-corrected chi connectivity index (χ4v) is 0.899. The van der Waals surface area contributed by atoms with Gasteiger partial charge in [0.15, 0.2) is 0 Å². The van der Waals surface area contributed by atoms with Gasteiger partial charge in [0, 0.05) is 6.20 Å². The Labute approximate surface area is 81.0 Å². The van der Waals surface area contributed by atoms with Crippen molar-refractivity contribution in [2.45, 2.75) is 6.92 Å². The van der Waals surface area contributed by atoms with E-state index in [0.717, 1.165) is 0 Å². The molecule has 0 aliphatic rings. The van der Waals surface area contributed by atoms with Crippen molar-refractivity contribution in [3.05, 3.63) is 30.1 Å². The molecule has 1 rings (SSSR count). The number of nitrogens with zero attached hydrogens (tertiary/aromatic N) is 2. The van der Waals surface area contributed by atoms with E-state index in [-0.39, 0.29) is 18.0 Å². The van der Waals surface area contributed by atoms with Crippen LogP contribution in [0.4, 0.5) is 0 Å². The van der Waals surface area contributed by atoms with Gasteiger partial charge in [-0.25, -0.2) is 4.79 Å². The summed E-state index contributed by atoms with van der Waals surface area (Å²) in [7, 11) is 0. The van der Waals surface area contributed by atoms with Crippen LogP contribution in [0.15, 0.2) is 29.6 Å². The molecular formula is C9H10N2O3. The van der Waals surface area contributed by atoms with Gasteiger partial charge >= 0.3 is 5.97 Å². The van der Waals surface area contributed by atoms with Gasteiger partial charge in [-0.05, 0) is 19.1 Å². The van der Waals surface area contributed by atoms with Crippen LogP contribution in [-0.2, 0) is 9.53 Å². The van der Waals surface area contributed by atoms with Crippen LogP contribution in [0.3, 0.4) is 0 Å². The van der Waals surface area contributed by atoms with Crippen LogP contribution >= 0.6 is 0 Å². The molecule has 0 radical (unpaired) electrons. The zero-order valence-corrected chi connectivity index (χ0v) is 7.67. The third-order valence-electron chi connectivity index (χ3n) is 1.48. The van der Waals surface area contributed by atoms with Crippen molar-refractivity contribution in [1.29, 1.82) is 0 Å². The number of carbonyl (C=O) groups excluding carboxylic acids is 1. The predicted octanol–water partition coefficient (Wildman–Crippen LogP) is 0.823. The Morgan fingerprint density at radius 1 is 1.64 bits per heavy atom. The van der Waals surface area contributed by atoms with Crippen molar-refractivity contribution in [3.63, 3.8) is 0 Å². The molecule has 1 heterocycles. The van der Waals surface area contributed by atoms with Crippen molar-refractivity contribution >= 4 is 11.7 Å². The van der Waals surface area contributed by atoms with Gasteiger partial charge in [0.1, 0.15) is 0 Å². The average Bonchev–Trinajstić information content (AvgIpc) is 2.21. The number of rotatable bonds is 3. The minimum absolute atomic E-state index is 0.188. The Morgan fingerprint density at radius 2 is 2.43 bits per heavy atom. The summed E-state index contributed by atoms with van der Waals surface area (Å²) in [5, 5.41) is 11.5. The molecular weight excluding hydrogens is 184 g/mol. The number of ether oxygens (including phenoxy) is 1. The molecule has 1 aromatic heterocycles. The van der Waals surface area contributed by atoms with Gasteiger partial charge in [0.2, 0.25) is 5.71 Å². The van der Waals surface area contributed by atoms with Crippen molar-refractivity contribution in [2.24, 2.45) is 5.16 Å². The third-order valence-corrected chi connectivity index (χ3v) is 1.48. The lowest BCUT2D eigenvalue weighted by Crippen LogP contribution is -2.19. The normalized spacial score (nSPS) is 11.1. The topological polar surface area (TPSA) is 71.8 Å². The van der Waals surface area contributed by atoms with E-state index in [2.05, 4.69) is 14.9 Å². The van der Waals surface area contributed by atoms with Crippen molar-refractivity contribution < 1.29 is 14.7 Å². The van der Waals surface area contributed by atoms with Crippen LogP contribution < -0.4 is 0 Å². The molecule has 0 amide bonds. The Bertz CT molecular complexity index is 335. The zero-order chi connectivity index (χ0) is 10.4. The first-order chi connectivity index (χ1) is 6.79. The molecule has 0 bridgehead atoms. The zero-order valence-electron chi connectivity index (χ0n) is 7.67. The van der Waals surface area contributed by atoms with Gasteiger partial charge in [-0.15, -0.1) is 0 Å². The van der Waals surface area contributed by atoms with E-state index in [9.17, 15) is 4.79 Å². The first-order valence-electron chi connectivity index (χ1n) is 4.10. The predicted molar refractivity (Wildman–Crippen MR) is 49.2 cm³/mol. The smallest absolute Gasteiger partial charge is 0.362 e. The summed E-state index contributed by atoms with van der Waals surface area (Å²) in [5.74, 6) is -0.686. The lowest BCUT2D eigenvalue weighted by atomic mass is 10.2. The van der Waals surface area contributed by atoms with E-state index in [0.29, 0.717) is 0 Å². The number of carbonyl (C=O) groups is 1. The highest BCUT2D eigenvalue weighted by molar-refractivity contribution is 6.42. The van der Waals surface area contributed by atoms with Crippen molar-refractivity contribution in [2.75, 3.05) is 6.61 Å². The van der Waals surface area contributed by atoms with Gasteiger partial charge in [-0.3, -0.25) is 4.98 Å². The number of pyridine rings is 1. The SMILES string of the molecule is CCOC(=O)/C(=N/O)c1ccccn1. The Morgan fingerprint density at radius 3 is 2.93 bits per heavy atom. The summed E-state index contributed by atoms with van der Waals surface area (Å²) in [4.78, 5) is 15.1. The quantitative estimate of drug-likeness (QED) is 0.334. The van der Waals surface area contributed by atoms with Gasteiger partial charge in [-0.2, -0.15) is 0 Å². The van der Waals surface area contributed by atoms with E-state index in [1.54, 1.807) is 25.1 Å². The summed E-state index contributed by atoms with van der Waals surface area (Å²) < 4.78 is 4.68. The van der Waals surface area contributed by atoms with Gasteiger partial charge < -0.3 is 9.94 Å². The highest BCUT2D eigenvalue weighted by Gasteiger charge is 2.16. The third kappa shape index (κ3) is 2.29. The summed E-state index contributed by atoms with van der Waals surface area (Å²) in [6.45, 7) is 1.90. The van der Waals surface area contributed by atoms with Crippen LogP contribution in [0.2, 0.25) is 0 Å². The standard InChI is InChI=1S/C9H10N2O3/c1-2-14-9(12)8(11-13)7-5-3-4-6-10-7/h3-6,13H,2H2,1H3/b11-8+. The second-order valence-electron chi connectivity index (χ2n) is 2.38. The number of esters is 1. The maximum Gasteiger partial charge on any atom is 0.362 e. The monoisotopic (exact) mass is 194 g/mol. The summed E-state index contributed by atoms with van der Waals surface area (Å²) in [6.07, 6.45) is 1.50. The number of hydrogen-bond donors (Lipinski definition) is 1. The minimum Gasteiger partial charge on any atom is -0.461 e. The molecule has 14 heavy (non-hydrogen) atoms. The van der Waals surface area contributed by atoms with Crippen LogP contribution in [-0.4, -0.2) is 28.5 Å². The molecule has 0 fully saturated rings. The molecule has 74 valence electrons. The lowest BCUT2D eigenvalue weighted by molar-refractivity contribution is -0.135. The van der Waals surface area contributed by atoms with Gasteiger partial charge in [0.25, 0.3) is 0 Å². The lowest BCUT2D eigenvalue weighted by Gasteiger charge is -2.02. The largest absolute Gasteiger partial charge is 0.461 e. The van der Waals surface area contributed by atoms with Crippen LogP contribution in [0, 0.1) is 0 Å². The van der Waals surface area contributed by atoms with E-state index < -0.39 is 5.97 Å². The molecule has 0 aliphatic carbocycles. The molecule has 0 saturated heterocycles. The highest BCUT2D eigenvalue weighted by Crippen LogP contribution is 1.98. The summed E-state index contributed by atoms with van der Waals surface area (Å²) in [6, 6.07) is 4.95. The van der Waals surface area contributed by atoms with Crippen LogP contribution in [0.1, 0.15) is 12.6 Å². The van der Waals surface area contributed by atoms with Gasteiger partial charge in [-0.1, -0.05) is 11.2 Å². The highest BCUT2D eigenvalue weighted by atomic mass is 16.5. The summed E-state index contributed by atoms with van der Waals surface area (Å²) >= 11 is 0. The van der Waals surface area contributed by atoms with E-state index in [4.69, 9.17) is 5.21 Å². The molecule has 0 spiro atoms. The molecule has 1 aromatic rings. The second-order valence-corrected chi connectivity index (χ2v) is 2.38. The van der Waals surface area contributed by atoms with Crippen molar-refractivity contribution in [1.82, 2.24) is 4.98 Å². The molecule has 0 unspecified atom stereocenters. The molecule has 0 aromatic carbocycles. The Hall–Kier alpha value is -1.91. The van der Waals surface area contributed by atoms with Crippen molar-refractivity contribution in [3.8, 4) is 0 Å². The van der Waals surface area contributed by atoms with Crippen LogP contribution in [0.25, 0.3) is 0 Å². The number of oxime groups is 1. The minimum atomic E-state index is -0.686. The molecule has 5 nitrogen and oxygen atoms in total.